The van der Waals surface area contributed by atoms with E-state index in [0.29, 0.717) is 35.8 Å². The van der Waals surface area contributed by atoms with Crippen LogP contribution < -0.4 is 14.4 Å². The molecule has 2 aliphatic heterocycles. The van der Waals surface area contributed by atoms with Gasteiger partial charge in [-0.15, -0.1) is 0 Å². The van der Waals surface area contributed by atoms with Crippen LogP contribution in [-0.4, -0.2) is 30.0 Å². The first-order valence-corrected chi connectivity index (χ1v) is 11.1. The molecule has 0 spiro atoms. The number of anilines is 1. The quantitative estimate of drug-likeness (QED) is 0.299. The Balaban J connectivity index is 1.71. The van der Waals surface area contributed by atoms with Crippen molar-refractivity contribution >= 4 is 23.1 Å². The number of hydrogen-bond donors (Lipinski definition) is 1. The number of carbonyl (C=O) groups excluding carboxylic acids is 2. The molecule has 6 nitrogen and oxygen atoms in total. The van der Waals surface area contributed by atoms with Gasteiger partial charge in [0.2, 0.25) is 0 Å². The first-order valence-electron chi connectivity index (χ1n) is 11.1. The Morgan fingerprint density at radius 3 is 2.39 bits per heavy atom. The van der Waals surface area contributed by atoms with E-state index in [1.54, 1.807) is 37.3 Å². The summed E-state index contributed by atoms with van der Waals surface area (Å²) in [5.74, 6) is -1.68. The predicted molar refractivity (Wildman–Crippen MR) is 125 cm³/mol. The lowest BCUT2D eigenvalue weighted by atomic mass is 9.92. The summed E-state index contributed by atoms with van der Waals surface area (Å²) < 4.78 is 51.4. The van der Waals surface area contributed by atoms with Gasteiger partial charge in [0.1, 0.15) is 19.0 Å². The fourth-order valence-corrected chi connectivity index (χ4v) is 4.46. The molecule has 5 rings (SSSR count). The maximum absolute atomic E-state index is 13.4. The molecule has 1 atom stereocenters. The van der Waals surface area contributed by atoms with Gasteiger partial charge in [0, 0.05) is 11.3 Å². The number of halogens is 3. The highest BCUT2D eigenvalue weighted by Crippen LogP contribution is 2.45. The summed E-state index contributed by atoms with van der Waals surface area (Å²) >= 11 is 0. The lowest BCUT2D eigenvalue weighted by Crippen LogP contribution is -2.30. The highest BCUT2D eigenvalue weighted by molar-refractivity contribution is 6.51. The van der Waals surface area contributed by atoms with Crippen LogP contribution in [0.4, 0.5) is 18.9 Å². The molecule has 36 heavy (non-hydrogen) atoms. The first kappa shape index (κ1) is 23.5. The number of hydrogen-bond acceptors (Lipinski definition) is 5. The van der Waals surface area contributed by atoms with Gasteiger partial charge in [0.25, 0.3) is 11.7 Å². The molecule has 1 fully saturated rings. The smallest absolute Gasteiger partial charge is 0.416 e. The molecule has 9 heteroatoms. The van der Waals surface area contributed by atoms with Crippen LogP contribution in [0, 0.1) is 6.92 Å². The SMILES string of the molecule is Cc1ccccc1C1/C(=C(\O)c2ccc3c(c2)OCCO3)C(=O)C(=O)N1c1cccc(C(F)(F)F)c1. The molecule has 0 radical (unpaired) electrons. The van der Waals surface area contributed by atoms with Crippen LogP contribution in [0.1, 0.15) is 28.3 Å². The van der Waals surface area contributed by atoms with Crippen molar-refractivity contribution in [2.45, 2.75) is 19.1 Å². The average Bonchev–Trinajstić information content (AvgIpc) is 3.13. The van der Waals surface area contributed by atoms with Crippen molar-refractivity contribution in [3.63, 3.8) is 0 Å². The molecule has 1 amide bonds. The van der Waals surface area contributed by atoms with Crippen LogP contribution in [0.3, 0.4) is 0 Å². The summed E-state index contributed by atoms with van der Waals surface area (Å²) in [6.07, 6.45) is -4.65. The molecular formula is C27H20F3NO5. The van der Waals surface area contributed by atoms with E-state index < -0.39 is 35.2 Å². The molecule has 2 aliphatic rings. The van der Waals surface area contributed by atoms with Crippen molar-refractivity contribution in [2.24, 2.45) is 0 Å². The molecule has 0 aromatic heterocycles. The normalized spacial score (nSPS) is 19.0. The highest BCUT2D eigenvalue weighted by atomic mass is 19.4. The minimum Gasteiger partial charge on any atom is -0.507 e. The predicted octanol–water partition coefficient (Wildman–Crippen LogP) is 5.41. The van der Waals surface area contributed by atoms with E-state index in [9.17, 15) is 27.9 Å². The summed E-state index contributed by atoms with van der Waals surface area (Å²) in [7, 11) is 0. The molecular weight excluding hydrogens is 475 g/mol. The van der Waals surface area contributed by atoms with E-state index in [4.69, 9.17) is 9.47 Å². The van der Waals surface area contributed by atoms with E-state index >= 15 is 0 Å². The van der Waals surface area contributed by atoms with Crippen LogP contribution in [0.15, 0.2) is 72.3 Å². The number of benzene rings is 3. The third-order valence-corrected chi connectivity index (χ3v) is 6.19. The Kier molecular flexibility index (Phi) is 5.70. The van der Waals surface area contributed by atoms with Gasteiger partial charge in [-0.05, 0) is 54.4 Å². The number of amides is 1. The van der Waals surface area contributed by atoms with Gasteiger partial charge in [0.05, 0.1) is 17.2 Å². The van der Waals surface area contributed by atoms with Crippen molar-refractivity contribution in [1.29, 1.82) is 0 Å². The van der Waals surface area contributed by atoms with Crippen molar-refractivity contribution in [2.75, 3.05) is 18.1 Å². The zero-order chi connectivity index (χ0) is 25.6. The summed E-state index contributed by atoms with van der Waals surface area (Å²) in [5.41, 5.74) is 0.0876. The van der Waals surface area contributed by atoms with Gasteiger partial charge in [-0.25, -0.2) is 0 Å². The first-order chi connectivity index (χ1) is 17.2. The third-order valence-electron chi connectivity index (χ3n) is 6.19. The number of alkyl halides is 3. The van der Waals surface area contributed by atoms with E-state index in [1.165, 1.54) is 24.3 Å². The molecule has 1 unspecified atom stereocenters. The molecule has 3 aromatic carbocycles. The Morgan fingerprint density at radius 1 is 0.944 bits per heavy atom. The topological polar surface area (TPSA) is 76.1 Å². The zero-order valence-electron chi connectivity index (χ0n) is 19.0. The summed E-state index contributed by atoms with van der Waals surface area (Å²) in [5, 5.41) is 11.3. The van der Waals surface area contributed by atoms with Crippen LogP contribution in [0.5, 0.6) is 11.5 Å². The number of aryl methyl sites for hydroxylation is 1. The number of carbonyl (C=O) groups is 2. The van der Waals surface area contributed by atoms with Gasteiger partial charge >= 0.3 is 6.18 Å². The van der Waals surface area contributed by atoms with Gasteiger partial charge in [0.15, 0.2) is 11.5 Å². The summed E-state index contributed by atoms with van der Waals surface area (Å²) in [6.45, 7) is 2.43. The second kappa shape index (κ2) is 8.75. The fourth-order valence-electron chi connectivity index (χ4n) is 4.46. The van der Waals surface area contributed by atoms with Crippen molar-refractivity contribution in [1.82, 2.24) is 0 Å². The molecule has 0 aliphatic carbocycles. The van der Waals surface area contributed by atoms with Crippen molar-refractivity contribution in [3.05, 3.63) is 94.6 Å². The number of rotatable bonds is 3. The summed E-state index contributed by atoms with van der Waals surface area (Å²) in [6, 6.07) is 14.5. The number of nitrogens with zero attached hydrogens (tertiary/aromatic N) is 1. The molecule has 1 N–H and O–H groups in total. The van der Waals surface area contributed by atoms with Crippen LogP contribution >= 0.6 is 0 Å². The Bertz CT molecular complexity index is 1410. The van der Waals surface area contributed by atoms with Crippen molar-refractivity contribution < 1.29 is 37.3 Å². The van der Waals surface area contributed by atoms with Crippen LogP contribution in [0.25, 0.3) is 5.76 Å². The number of fused-ring (bicyclic) bond motifs is 1. The maximum atomic E-state index is 13.4. The summed E-state index contributed by atoms with van der Waals surface area (Å²) in [4.78, 5) is 27.5. The molecule has 1 saturated heterocycles. The number of aliphatic hydroxyl groups excluding tert-OH is 1. The molecule has 0 saturated carbocycles. The van der Waals surface area contributed by atoms with E-state index in [2.05, 4.69) is 0 Å². The number of ether oxygens (including phenoxy) is 2. The Hall–Kier alpha value is -4.27. The second-order valence-electron chi connectivity index (χ2n) is 8.43. The number of Topliss-reactive ketones (excluding diaryl/α,β-unsaturated/α-hetero) is 1. The number of ketones is 1. The van der Waals surface area contributed by atoms with E-state index in [0.717, 1.165) is 17.0 Å². The Labute approximate surface area is 204 Å². The lowest BCUT2D eigenvalue weighted by Gasteiger charge is -2.27. The Morgan fingerprint density at radius 2 is 1.67 bits per heavy atom. The monoisotopic (exact) mass is 495 g/mol. The average molecular weight is 495 g/mol. The largest absolute Gasteiger partial charge is 0.507 e. The standard InChI is InChI=1S/C27H20F3NO5/c1-15-5-2-3-8-19(15)23-22(24(32)16-9-10-20-21(13-16)36-12-11-35-20)25(33)26(34)31(23)18-7-4-6-17(14-18)27(28,29)30/h2-10,13-14,23,32H,11-12H2,1H3/b24-22+. The van der Waals surface area contributed by atoms with Gasteiger partial charge in [-0.2, -0.15) is 13.2 Å². The maximum Gasteiger partial charge on any atom is 0.416 e. The van der Waals surface area contributed by atoms with Gasteiger partial charge in [-0.3, -0.25) is 14.5 Å². The van der Waals surface area contributed by atoms with Gasteiger partial charge in [-0.1, -0.05) is 30.3 Å². The lowest BCUT2D eigenvalue weighted by molar-refractivity contribution is -0.137. The van der Waals surface area contributed by atoms with E-state index in [-0.39, 0.29) is 16.8 Å². The highest BCUT2D eigenvalue weighted by Gasteiger charge is 2.48. The third kappa shape index (κ3) is 3.96. The van der Waals surface area contributed by atoms with E-state index in [1.807, 2.05) is 0 Å². The molecule has 2 heterocycles. The number of aliphatic hydroxyl groups is 1. The molecule has 3 aromatic rings. The minimum atomic E-state index is -4.65. The van der Waals surface area contributed by atoms with Gasteiger partial charge < -0.3 is 14.6 Å². The fraction of sp³-hybridized carbons (Fsp3) is 0.185. The van der Waals surface area contributed by atoms with Crippen LogP contribution in [-0.2, 0) is 15.8 Å². The molecule has 184 valence electrons. The minimum absolute atomic E-state index is 0.110. The van der Waals surface area contributed by atoms with Crippen molar-refractivity contribution in [3.8, 4) is 11.5 Å². The van der Waals surface area contributed by atoms with Crippen LogP contribution in [0.2, 0.25) is 0 Å². The second-order valence-corrected chi connectivity index (χ2v) is 8.43. The zero-order valence-corrected chi connectivity index (χ0v) is 19.0. The molecule has 0 bridgehead atoms.